The summed E-state index contributed by atoms with van der Waals surface area (Å²) in [6.07, 6.45) is 2.36. The molecule has 0 saturated carbocycles. The van der Waals surface area contributed by atoms with Gasteiger partial charge >= 0.3 is 0 Å². The van der Waals surface area contributed by atoms with Crippen LogP contribution in [0.3, 0.4) is 0 Å². The van der Waals surface area contributed by atoms with Gasteiger partial charge in [0.15, 0.2) is 5.58 Å². The minimum Gasteiger partial charge on any atom is -0.436 e. The summed E-state index contributed by atoms with van der Waals surface area (Å²) in [4.78, 5) is 31.8. The SMILES string of the molecule is COCCn1ncc(N2CCC(C(=O)Nc3ccc4oc(-c5ccccc5)nc4c3)C2)cc1=O. The molecule has 2 aromatic carbocycles. The van der Waals surface area contributed by atoms with E-state index >= 15 is 0 Å². The first-order valence-corrected chi connectivity index (χ1v) is 11.2. The van der Waals surface area contributed by atoms with E-state index in [0.29, 0.717) is 55.3 Å². The van der Waals surface area contributed by atoms with Crippen LogP contribution in [-0.2, 0) is 16.1 Å². The molecular formula is C25H25N5O4. The molecule has 0 spiro atoms. The van der Waals surface area contributed by atoms with E-state index in [1.54, 1.807) is 19.4 Å². The summed E-state index contributed by atoms with van der Waals surface area (Å²) in [5.74, 6) is 0.294. The molecule has 2 aromatic heterocycles. The number of hydrogen-bond acceptors (Lipinski definition) is 7. The van der Waals surface area contributed by atoms with Crippen LogP contribution in [0.25, 0.3) is 22.6 Å². The molecule has 0 radical (unpaired) electrons. The van der Waals surface area contributed by atoms with Crippen molar-refractivity contribution in [2.75, 3.05) is 37.0 Å². The zero-order chi connectivity index (χ0) is 23.5. The van der Waals surface area contributed by atoms with E-state index in [1.165, 1.54) is 4.68 Å². The van der Waals surface area contributed by atoms with Crippen molar-refractivity contribution < 1.29 is 13.9 Å². The number of carbonyl (C=O) groups is 1. The van der Waals surface area contributed by atoms with Gasteiger partial charge in [0.05, 0.1) is 31.0 Å². The normalized spacial score (nSPS) is 15.7. The molecule has 3 heterocycles. The molecule has 0 aliphatic carbocycles. The molecule has 5 rings (SSSR count). The highest BCUT2D eigenvalue weighted by atomic mass is 16.5. The second-order valence-electron chi connectivity index (χ2n) is 8.26. The summed E-state index contributed by atoms with van der Waals surface area (Å²) >= 11 is 0. The summed E-state index contributed by atoms with van der Waals surface area (Å²) in [6.45, 7) is 2.04. The average molecular weight is 460 g/mol. The van der Waals surface area contributed by atoms with Crippen molar-refractivity contribution in [1.29, 1.82) is 0 Å². The van der Waals surface area contributed by atoms with E-state index < -0.39 is 0 Å². The largest absolute Gasteiger partial charge is 0.436 e. The molecule has 9 nitrogen and oxygen atoms in total. The van der Waals surface area contributed by atoms with Crippen LogP contribution in [-0.4, -0.2) is 47.5 Å². The van der Waals surface area contributed by atoms with Crippen molar-refractivity contribution in [2.45, 2.75) is 13.0 Å². The minimum absolute atomic E-state index is 0.0602. The third kappa shape index (κ3) is 4.55. The number of methoxy groups -OCH3 is 1. The highest BCUT2D eigenvalue weighted by molar-refractivity contribution is 5.95. The number of ether oxygens (including phenoxy) is 1. The molecule has 1 unspecified atom stereocenters. The highest BCUT2D eigenvalue weighted by Crippen LogP contribution is 2.27. The van der Waals surface area contributed by atoms with Crippen LogP contribution in [0.15, 0.2) is 70.0 Å². The number of oxazole rings is 1. The van der Waals surface area contributed by atoms with Gasteiger partial charge in [0.25, 0.3) is 5.56 Å². The predicted octanol–water partition coefficient (Wildman–Crippen LogP) is 3.16. The van der Waals surface area contributed by atoms with Gasteiger partial charge in [-0.15, -0.1) is 0 Å². The zero-order valence-electron chi connectivity index (χ0n) is 18.8. The Hall–Kier alpha value is -3.98. The summed E-state index contributed by atoms with van der Waals surface area (Å²) in [7, 11) is 1.58. The fourth-order valence-electron chi connectivity index (χ4n) is 4.11. The first-order valence-electron chi connectivity index (χ1n) is 11.2. The van der Waals surface area contributed by atoms with E-state index in [2.05, 4.69) is 15.4 Å². The molecule has 9 heteroatoms. The van der Waals surface area contributed by atoms with Crippen LogP contribution in [0.5, 0.6) is 0 Å². The maximum atomic E-state index is 12.9. The molecule has 1 amide bonds. The van der Waals surface area contributed by atoms with E-state index in [1.807, 2.05) is 53.4 Å². The van der Waals surface area contributed by atoms with Crippen LogP contribution in [0, 0.1) is 5.92 Å². The van der Waals surface area contributed by atoms with Crippen molar-refractivity contribution in [3.8, 4) is 11.5 Å². The molecule has 1 atom stereocenters. The summed E-state index contributed by atoms with van der Waals surface area (Å²) in [5, 5.41) is 7.21. The Labute approximate surface area is 196 Å². The second kappa shape index (κ2) is 9.48. The molecule has 1 saturated heterocycles. The second-order valence-corrected chi connectivity index (χ2v) is 8.26. The van der Waals surface area contributed by atoms with E-state index in [0.717, 1.165) is 11.3 Å². The number of nitrogens with zero attached hydrogens (tertiary/aromatic N) is 4. The Morgan fingerprint density at radius 3 is 2.85 bits per heavy atom. The van der Waals surface area contributed by atoms with Gasteiger partial charge in [-0.1, -0.05) is 18.2 Å². The Balaban J connectivity index is 1.24. The van der Waals surface area contributed by atoms with Crippen molar-refractivity contribution in [3.05, 3.63) is 71.1 Å². The topological polar surface area (TPSA) is 102 Å². The smallest absolute Gasteiger partial charge is 0.268 e. The van der Waals surface area contributed by atoms with Gasteiger partial charge in [-0.3, -0.25) is 9.59 Å². The van der Waals surface area contributed by atoms with E-state index in [-0.39, 0.29) is 17.4 Å². The van der Waals surface area contributed by atoms with Crippen LogP contribution >= 0.6 is 0 Å². The lowest BCUT2D eigenvalue weighted by atomic mass is 10.1. The van der Waals surface area contributed by atoms with Crippen LogP contribution in [0.4, 0.5) is 11.4 Å². The highest BCUT2D eigenvalue weighted by Gasteiger charge is 2.29. The van der Waals surface area contributed by atoms with Gasteiger partial charge in [-0.2, -0.15) is 5.10 Å². The predicted molar refractivity (Wildman–Crippen MR) is 129 cm³/mol. The molecule has 0 bridgehead atoms. The first kappa shape index (κ1) is 21.8. The fraction of sp³-hybridized carbons (Fsp3) is 0.280. The summed E-state index contributed by atoms with van der Waals surface area (Å²) in [5.41, 5.74) is 3.47. The molecule has 1 fully saturated rings. The first-order chi connectivity index (χ1) is 16.6. The molecule has 174 valence electrons. The van der Waals surface area contributed by atoms with E-state index in [9.17, 15) is 9.59 Å². The number of nitrogens with one attached hydrogen (secondary N) is 1. The van der Waals surface area contributed by atoms with Gasteiger partial charge in [0.2, 0.25) is 11.8 Å². The van der Waals surface area contributed by atoms with Crippen molar-refractivity contribution in [3.63, 3.8) is 0 Å². The van der Waals surface area contributed by atoms with Crippen molar-refractivity contribution in [2.24, 2.45) is 5.92 Å². The fourth-order valence-corrected chi connectivity index (χ4v) is 4.11. The number of amides is 1. The number of hydrogen-bond donors (Lipinski definition) is 1. The van der Waals surface area contributed by atoms with Gasteiger partial charge in [0, 0.05) is 37.5 Å². The maximum Gasteiger partial charge on any atom is 0.268 e. The van der Waals surface area contributed by atoms with Gasteiger partial charge < -0.3 is 19.4 Å². The lowest BCUT2D eigenvalue weighted by Gasteiger charge is -2.18. The van der Waals surface area contributed by atoms with Crippen molar-refractivity contribution in [1.82, 2.24) is 14.8 Å². The number of anilines is 2. The Morgan fingerprint density at radius 1 is 1.21 bits per heavy atom. The Kier molecular flexibility index (Phi) is 6.09. The monoisotopic (exact) mass is 459 g/mol. The Morgan fingerprint density at radius 2 is 2.06 bits per heavy atom. The number of rotatable bonds is 7. The summed E-state index contributed by atoms with van der Waals surface area (Å²) in [6, 6.07) is 16.7. The van der Waals surface area contributed by atoms with Gasteiger partial charge in [-0.05, 0) is 36.8 Å². The van der Waals surface area contributed by atoms with Crippen LogP contribution in [0.2, 0.25) is 0 Å². The third-order valence-electron chi connectivity index (χ3n) is 5.96. The number of fused-ring (bicyclic) bond motifs is 1. The lowest BCUT2D eigenvalue weighted by molar-refractivity contribution is -0.119. The third-order valence-corrected chi connectivity index (χ3v) is 5.96. The van der Waals surface area contributed by atoms with E-state index in [4.69, 9.17) is 9.15 Å². The average Bonchev–Trinajstić information content (AvgIpc) is 3.51. The van der Waals surface area contributed by atoms with Crippen LogP contribution in [0.1, 0.15) is 6.42 Å². The molecular weight excluding hydrogens is 434 g/mol. The molecule has 4 aromatic rings. The van der Waals surface area contributed by atoms with Crippen LogP contribution < -0.4 is 15.8 Å². The van der Waals surface area contributed by atoms with Crippen molar-refractivity contribution >= 4 is 28.4 Å². The van der Waals surface area contributed by atoms with Gasteiger partial charge in [-0.25, -0.2) is 9.67 Å². The molecule has 34 heavy (non-hydrogen) atoms. The standard InChI is InChI=1S/C25H25N5O4/c1-33-12-11-30-23(31)14-20(15-26-30)29-10-9-18(16-29)24(32)27-19-7-8-22-21(13-19)28-25(34-22)17-5-3-2-4-6-17/h2-8,13-15,18H,9-12,16H2,1H3,(H,27,32). The quantitative estimate of drug-likeness (QED) is 0.453. The summed E-state index contributed by atoms with van der Waals surface area (Å²) < 4.78 is 12.2. The minimum atomic E-state index is -0.191. The molecule has 1 aliphatic heterocycles. The molecule has 1 N–H and O–H groups in total. The lowest BCUT2D eigenvalue weighted by Crippen LogP contribution is -2.29. The zero-order valence-corrected chi connectivity index (χ0v) is 18.8. The maximum absolute atomic E-state index is 12.9. The number of aromatic nitrogens is 3. The Bertz CT molecular complexity index is 1360. The number of carbonyl (C=O) groups excluding carboxylic acids is 1. The molecule has 1 aliphatic rings. The number of benzene rings is 2. The van der Waals surface area contributed by atoms with Gasteiger partial charge in [0.1, 0.15) is 5.52 Å².